The van der Waals surface area contributed by atoms with Gasteiger partial charge in [0.15, 0.2) is 0 Å². The van der Waals surface area contributed by atoms with Crippen molar-refractivity contribution in [1.29, 1.82) is 0 Å². The molecule has 2 nitrogen and oxygen atoms in total. The zero-order valence-corrected chi connectivity index (χ0v) is 12.2. The fraction of sp³-hybridized carbons (Fsp3) is 0.250. The van der Waals surface area contributed by atoms with Crippen LogP contribution in [0.15, 0.2) is 53.4 Å². The maximum absolute atomic E-state index is 13.5. The molecule has 0 heterocycles. The lowest BCUT2D eigenvalue weighted by atomic mass is 10.1. The molecule has 0 amide bonds. The van der Waals surface area contributed by atoms with Crippen LogP contribution in [0.25, 0.3) is 0 Å². The van der Waals surface area contributed by atoms with Crippen LogP contribution in [0.3, 0.4) is 0 Å². The highest BCUT2D eigenvalue weighted by Crippen LogP contribution is 2.26. The van der Waals surface area contributed by atoms with Crippen molar-refractivity contribution in [2.75, 3.05) is 12.4 Å². The molecular weight excluding hydrogens is 273 g/mol. The molecule has 0 bridgehead atoms. The molecule has 1 atom stereocenters. The number of rotatable bonds is 6. The van der Waals surface area contributed by atoms with Crippen LogP contribution in [0.4, 0.5) is 4.39 Å². The summed E-state index contributed by atoms with van der Waals surface area (Å²) in [5.74, 6) is 1.24. The van der Waals surface area contributed by atoms with Crippen molar-refractivity contribution in [2.24, 2.45) is 5.73 Å². The summed E-state index contributed by atoms with van der Waals surface area (Å²) >= 11 is 1.43. The Hall–Kier alpha value is -1.52. The van der Waals surface area contributed by atoms with Crippen molar-refractivity contribution in [3.63, 3.8) is 0 Å². The summed E-state index contributed by atoms with van der Waals surface area (Å²) in [5, 5.41) is 0. The third-order valence-electron chi connectivity index (χ3n) is 2.85. The quantitative estimate of drug-likeness (QED) is 0.817. The minimum Gasteiger partial charge on any atom is -0.494 e. The van der Waals surface area contributed by atoms with Crippen molar-refractivity contribution in [2.45, 2.75) is 17.9 Å². The van der Waals surface area contributed by atoms with Crippen LogP contribution in [-0.4, -0.2) is 12.4 Å². The van der Waals surface area contributed by atoms with Gasteiger partial charge in [-0.3, -0.25) is 0 Å². The maximum Gasteiger partial charge on any atom is 0.136 e. The fourth-order valence-electron chi connectivity index (χ4n) is 1.84. The van der Waals surface area contributed by atoms with Crippen LogP contribution >= 0.6 is 11.8 Å². The molecule has 4 heteroatoms. The van der Waals surface area contributed by atoms with E-state index in [2.05, 4.69) is 0 Å². The molecule has 20 heavy (non-hydrogen) atoms. The van der Waals surface area contributed by atoms with Gasteiger partial charge in [-0.05, 0) is 36.8 Å². The standard InChI is InChI=1S/C16H18FNOS/c1-2-19-13-7-5-6-12(10-13)15(18)11-20-16-9-4-3-8-14(16)17/h3-10,15H,2,11,18H2,1H3. The van der Waals surface area contributed by atoms with Crippen molar-refractivity contribution >= 4 is 11.8 Å². The molecule has 1 unspecified atom stereocenters. The monoisotopic (exact) mass is 291 g/mol. The van der Waals surface area contributed by atoms with Gasteiger partial charge >= 0.3 is 0 Å². The number of thioether (sulfide) groups is 1. The Morgan fingerprint density at radius 2 is 2.00 bits per heavy atom. The van der Waals surface area contributed by atoms with E-state index in [4.69, 9.17) is 10.5 Å². The van der Waals surface area contributed by atoms with Gasteiger partial charge in [0.25, 0.3) is 0 Å². The Labute approximate surface area is 123 Å². The summed E-state index contributed by atoms with van der Waals surface area (Å²) in [6.07, 6.45) is 0. The van der Waals surface area contributed by atoms with E-state index >= 15 is 0 Å². The van der Waals surface area contributed by atoms with Gasteiger partial charge in [0.1, 0.15) is 11.6 Å². The van der Waals surface area contributed by atoms with E-state index in [9.17, 15) is 4.39 Å². The molecule has 2 aromatic rings. The topological polar surface area (TPSA) is 35.2 Å². The zero-order chi connectivity index (χ0) is 14.4. The van der Waals surface area contributed by atoms with Gasteiger partial charge in [-0.15, -0.1) is 11.8 Å². The Morgan fingerprint density at radius 1 is 1.20 bits per heavy atom. The maximum atomic E-state index is 13.5. The first-order chi connectivity index (χ1) is 9.70. The second-order valence-electron chi connectivity index (χ2n) is 4.35. The average Bonchev–Trinajstić information content (AvgIpc) is 2.47. The van der Waals surface area contributed by atoms with E-state index in [1.807, 2.05) is 37.3 Å². The molecule has 0 aliphatic heterocycles. The molecule has 2 rings (SSSR count). The van der Waals surface area contributed by atoms with Gasteiger partial charge in [0.05, 0.1) is 6.61 Å². The number of nitrogens with two attached hydrogens (primary N) is 1. The van der Waals surface area contributed by atoms with Crippen molar-refractivity contribution in [3.05, 3.63) is 59.9 Å². The van der Waals surface area contributed by atoms with Crippen molar-refractivity contribution < 1.29 is 9.13 Å². The zero-order valence-electron chi connectivity index (χ0n) is 11.4. The second-order valence-corrected chi connectivity index (χ2v) is 5.42. The van der Waals surface area contributed by atoms with Gasteiger partial charge in [0, 0.05) is 16.7 Å². The summed E-state index contributed by atoms with van der Waals surface area (Å²) in [7, 11) is 0. The van der Waals surface area contributed by atoms with Gasteiger partial charge in [0.2, 0.25) is 0 Å². The second kappa shape index (κ2) is 7.31. The summed E-state index contributed by atoms with van der Waals surface area (Å²) in [6.45, 7) is 2.57. The van der Waals surface area contributed by atoms with E-state index in [-0.39, 0.29) is 11.9 Å². The SMILES string of the molecule is CCOc1cccc(C(N)CSc2ccccc2F)c1. The van der Waals surface area contributed by atoms with Crippen LogP contribution in [-0.2, 0) is 0 Å². The normalized spacial score (nSPS) is 12.2. The Kier molecular flexibility index (Phi) is 5.44. The van der Waals surface area contributed by atoms with Crippen LogP contribution in [0.5, 0.6) is 5.75 Å². The highest BCUT2D eigenvalue weighted by Gasteiger charge is 2.09. The van der Waals surface area contributed by atoms with Crippen LogP contribution < -0.4 is 10.5 Å². The Bertz CT molecular complexity index is 562. The number of hydrogen-bond donors (Lipinski definition) is 1. The lowest BCUT2D eigenvalue weighted by Gasteiger charge is -2.13. The molecule has 0 fully saturated rings. The highest BCUT2D eigenvalue weighted by atomic mass is 32.2. The number of halogens is 1. The van der Waals surface area contributed by atoms with Gasteiger partial charge in [-0.25, -0.2) is 4.39 Å². The minimum absolute atomic E-state index is 0.153. The average molecular weight is 291 g/mol. The van der Waals surface area contributed by atoms with Gasteiger partial charge < -0.3 is 10.5 Å². The van der Waals surface area contributed by atoms with Crippen molar-refractivity contribution in [1.82, 2.24) is 0 Å². The smallest absolute Gasteiger partial charge is 0.136 e. The van der Waals surface area contributed by atoms with Gasteiger partial charge in [-0.2, -0.15) is 0 Å². The molecule has 2 N–H and O–H groups in total. The summed E-state index contributed by atoms with van der Waals surface area (Å²) in [4.78, 5) is 0.629. The molecule has 0 radical (unpaired) electrons. The van der Waals surface area contributed by atoms with Crippen molar-refractivity contribution in [3.8, 4) is 5.75 Å². The molecule has 0 saturated heterocycles. The number of hydrogen-bond acceptors (Lipinski definition) is 3. The predicted octanol–water partition coefficient (Wildman–Crippen LogP) is 4.02. The first-order valence-electron chi connectivity index (χ1n) is 6.56. The minimum atomic E-state index is -0.201. The van der Waals surface area contributed by atoms with Gasteiger partial charge in [-0.1, -0.05) is 24.3 Å². The molecular formula is C16H18FNOS. The lowest BCUT2D eigenvalue weighted by Crippen LogP contribution is -2.13. The molecule has 0 spiro atoms. The van der Waals surface area contributed by atoms with E-state index < -0.39 is 0 Å². The summed E-state index contributed by atoms with van der Waals surface area (Å²) < 4.78 is 19.0. The van der Waals surface area contributed by atoms with E-state index in [0.717, 1.165) is 11.3 Å². The first kappa shape index (κ1) is 14.9. The largest absolute Gasteiger partial charge is 0.494 e. The fourth-order valence-corrected chi connectivity index (χ4v) is 2.77. The molecule has 0 aliphatic carbocycles. The van der Waals surface area contributed by atoms with Crippen LogP contribution in [0, 0.1) is 5.82 Å². The highest BCUT2D eigenvalue weighted by molar-refractivity contribution is 7.99. The van der Waals surface area contributed by atoms with Crippen LogP contribution in [0.1, 0.15) is 18.5 Å². The van der Waals surface area contributed by atoms with Crippen LogP contribution in [0.2, 0.25) is 0 Å². The third kappa shape index (κ3) is 3.99. The van der Waals surface area contributed by atoms with E-state index in [1.165, 1.54) is 17.8 Å². The molecule has 0 aromatic heterocycles. The first-order valence-corrected chi connectivity index (χ1v) is 7.55. The summed E-state index contributed by atoms with van der Waals surface area (Å²) in [6, 6.07) is 14.3. The third-order valence-corrected chi connectivity index (χ3v) is 4.02. The molecule has 0 saturated carbocycles. The lowest BCUT2D eigenvalue weighted by molar-refractivity contribution is 0.339. The summed E-state index contributed by atoms with van der Waals surface area (Å²) in [5.41, 5.74) is 7.16. The number of benzene rings is 2. The molecule has 2 aromatic carbocycles. The van der Waals surface area contributed by atoms with E-state index in [0.29, 0.717) is 17.3 Å². The molecule has 106 valence electrons. The Morgan fingerprint density at radius 3 is 2.75 bits per heavy atom. The Balaban J connectivity index is 1.99. The number of ether oxygens (including phenoxy) is 1. The molecule has 0 aliphatic rings. The van der Waals surface area contributed by atoms with E-state index in [1.54, 1.807) is 12.1 Å². The predicted molar refractivity (Wildman–Crippen MR) is 81.7 cm³/mol.